The molecule has 7 heteroatoms. The lowest BCUT2D eigenvalue weighted by atomic mass is 10.1. The van der Waals surface area contributed by atoms with Crippen molar-refractivity contribution in [1.82, 2.24) is 15.5 Å². The van der Waals surface area contributed by atoms with Gasteiger partial charge in [0.2, 0.25) is 5.82 Å². The molecular formula is C17H21N5O2. The number of dihydropyridines is 1. The van der Waals surface area contributed by atoms with E-state index in [-0.39, 0.29) is 0 Å². The molecule has 7 nitrogen and oxygen atoms in total. The maximum atomic E-state index is 9.44. The summed E-state index contributed by atoms with van der Waals surface area (Å²) in [6.07, 6.45) is 4.59. The van der Waals surface area contributed by atoms with Crippen LogP contribution in [0.4, 0.5) is 6.01 Å². The summed E-state index contributed by atoms with van der Waals surface area (Å²) in [4.78, 5) is 8.21. The normalized spacial score (nSPS) is 16.9. The molecule has 0 bridgehead atoms. The molecule has 1 unspecified atom stereocenters. The van der Waals surface area contributed by atoms with E-state index in [0.717, 1.165) is 25.1 Å². The van der Waals surface area contributed by atoms with Gasteiger partial charge in [0.25, 0.3) is 0 Å². The third kappa shape index (κ3) is 4.74. The summed E-state index contributed by atoms with van der Waals surface area (Å²) in [7, 11) is 0. The van der Waals surface area contributed by atoms with Crippen molar-refractivity contribution in [3.63, 3.8) is 0 Å². The number of aliphatic hydroxyl groups is 1. The van der Waals surface area contributed by atoms with Crippen molar-refractivity contribution in [3.05, 3.63) is 42.0 Å². The quantitative estimate of drug-likeness (QED) is 0.640. The van der Waals surface area contributed by atoms with E-state index in [0.29, 0.717) is 24.8 Å². The van der Waals surface area contributed by atoms with Crippen LogP contribution in [-0.2, 0) is 0 Å². The van der Waals surface area contributed by atoms with E-state index in [9.17, 15) is 5.11 Å². The molecule has 1 aliphatic heterocycles. The van der Waals surface area contributed by atoms with Gasteiger partial charge in [0.15, 0.2) is 0 Å². The van der Waals surface area contributed by atoms with Crippen molar-refractivity contribution < 1.29 is 9.63 Å². The number of nitrogens with zero attached hydrogens (tertiary/aromatic N) is 3. The highest BCUT2D eigenvalue weighted by atomic mass is 16.5. The molecule has 1 aromatic heterocycles. The zero-order chi connectivity index (χ0) is 16.6. The van der Waals surface area contributed by atoms with Gasteiger partial charge in [-0.3, -0.25) is 4.99 Å². The number of benzene rings is 1. The van der Waals surface area contributed by atoms with E-state index in [1.807, 2.05) is 36.4 Å². The van der Waals surface area contributed by atoms with Gasteiger partial charge in [-0.15, -0.1) is 0 Å². The molecule has 1 aromatic carbocycles. The Morgan fingerprint density at radius 2 is 2.04 bits per heavy atom. The van der Waals surface area contributed by atoms with E-state index in [1.165, 1.54) is 5.57 Å². The summed E-state index contributed by atoms with van der Waals surface area (Å²) in [5, 5.41) is 19.8. The molecule has 0 saturated carbocycles. The molecule has 1 aliphatic rings. The lowest BCUT2D eigenvalue weighted by Gasteiger charge is -2.13. The van der Waals surface area contributed by atoms with E-state index in [4.69, 9.17) is 4.52 Å². The van der Waals surface area contributed by atoms with E-state index in [2.05, 4.69) is 25.8 Å². The third-order valence-electron chi connectivity index (χ3n) is 3.67. The Labute approximate surface area is 140 Å². The molecule has 2 heterocycles. The summed E-state index contributed by atoms with van der Waals surface area (Å²) in [6, 6.07) is 10.1. The van der Waals surface area contributed by atoms with Crippen LogP contribution in [0, 0.1) is 0 Å². The minimum atomic E-state index is -0.581. The summed E-state index contributed by atoms with van der Waals surface area (Å²) in [5.74, 6) is 0.579. The number of aromatic nitrogens is 2. The average Bonchev–Trinajstić information content (AvgIpc) is 3.08. The standard InChI is InChI=1S/C17H21N5O2/c23-15-12-13(7-9-19-15)6-8-18-10-11-20-17-21-16(22-24-17)14-4-2-1-3-5-14/h1-5,7,9,15,18,23H,6,8,10-12H2,(H,20,21,22). The maximum Gasteiger partial charge on any atom is 0.321 e. The van der Waals surface area contributed by atoms with Crippen LogP contribution in [0.2, 0.25) is 0 Å². The Morgan fingerprint density at radius 1 is 1.17 bits per heavy atom. The second-order valence-corrected chi connectivity index (χ2v) is 5.52. The number of rotatable bonds is 8. The molecule has 24 heavy (non-hydrogen) atoms. The number of allylic oxidation sites excluding steroid dienone is 1. The summed E-state index contributed by atoms with van der Waals surface area (Å²) >= 11 is 0. The number of aliphatic hydroxyl groups excluding tert-OH is 1. The highest BCUT2D eigenvalue weighted by Gasteiger charge is 2.09. The van der Waals surface area contributed by atoms with Crippen LogP contribution in [0.5, 0.6) is 0 Å². The SMILES string of the molecule is OC1CC(CCNCCNc2nc(-c3ccccc3)no2)=CC=N1. The van der Waals surface area contributed by atoms with Crippen LogP contribution in [-0.4, -0.2) is 47.3 Å². The number of anilines is 1. The lowest BCUT2D eigenvalue weighted by molar-refractivity contribution is 0.183. The van der Waals surface area contributed by atoms with E-state index >= 15 is 0 Å². The molecule has 3 N–H and O–H groups in total. The first-order valence-corrected chi connectivity index (χ1v) is 8.04. The van der Waals surface area contributed by atoms with Gasteiger partial charge in [0.1, 0.15) is 6.23 Å². The van der Waals surface area contributed by atoms with Gasteiger partial charge in [0.05, 0.1) is 0 Å². The van der Waals surface area contributed by atoms with Crippen molar-refractivity contribution in [3.8, 4) is 11.4 Å². The predicted octanol–water partition coefficient (Wildman–Crippen LogP) is 1.85. The monoisotopic (exact) mass is 327 g/mol. The largest absolute Gasteiger partial charge is 0.371 e. The first-order valence-electron chi connectivity index (χ1n) is 8.04. The minimum absolute atomic E-state index is 0.421. The van der Waals surface area contributed by atoms with Crippen molar-refractivity contribution in [1.29, 1.82) is 0 Å². The molecule has 0 radical (unpaired) electrons. The van der Waals surface area contributed by atoms with Gasteiger partial charge in [-0.05, 0) is 19.0 Å². The van der Waals surface area contributed by atoms with Gasteiger partial charge in [0, 0.05) is 31.3 Å². The van der Waals surface area contributed by atoms with Crippen LogP contribution in [0.15, 0.2) is 51.5 Å². The first kappa shape index (κ1) is 16.4. The number of hydrogen-bond donors (Lipinski definition) is 3. The van der Waals surface area contributed by atoms with E-state index in [1.54, 1.807) is 6.21 Å². The van der Waals surface area contributed by atoms with Crippen LogP contribution >= 0.6 is 0 Å². The lowest BCUT2D eigenvalue weighted by Crippen LogP contribution is -2.24. The zero-order valence-electron chi connectivity index (χ0n) is 13.4. The third-order valence-corrected chi connectivity index (χ3v) is 3.67. The van der Waals surface area contributed by atoms with Crippen LogP contribution < -0.4 is 10.6 Å². The highest BCUT2D eigenvalue weighted by molar-refractivity contribution is 5.73. The molecule has 0 aliphatic carbocycles. The fourth-order valence-electron chi connectivity index (χ4n) is 2.42. The second kappa shape index (κ2) is 8.37. The van der Waals surface area contributed by atoms with Gasteiger partial charge in [-0.1, -0.05) is 41.1 Å². The van der Waals surface area contributed by atoms with E-state index < -0.39 is 6.23 Å². The first-order chi connectivity index (χ1) is 11.8. The summed E-state index contributed by atoms with van der Waals surface area (Å²) < 4.78 is 5.18. The topological polar surface area (TPSA) is 95.6 Å². The van der Waals surface area contributed by atoms with Crippen LogP contribution in [0.1, 0.15) is 12.8 Å². The van der Waals surface area contributed by atoms with Gasteiger partial charge in [-0.2, -0.15) is 4.98 Å². The number of aliphatic imine (C=N–C) groups is 1. The molecule has 2 aromatic rings. The van der Waals surface area contributed by atoms with Crippen LogP contribution in [0.3, 0.4) is 0 Å². The Balaban J connectivity index is 1.33. The highest BCUT2D eigenvalue weighted by Crippen LogP contribution is 2.16. The second-order valence-electron chi connectivity index (χ2n) is 5.52. The average molecular weight is 327 g/mol. The van der Waals surface area contributed by atoms with Crippen LogP contribution in [0.25, 0.3) is 11.4 Å². The minimum Gasteiger partial charge on any atom is -0.371 e. The summed E-state index contributed by atoms with van der Waals surface area (Å²) in [5.41, 5.74) is 2.14. The maximum absolute atomic E-state index is 9.44. The number of nitrogens with one attached hydrogen (secondary N) is 2. The fraction of sp³-hybridized carbons (Fsp3) is 0.353. The summed E-state index contributed by atoms with van der Waals surface area (Å²) in [6.45, 7) is 2.33. The van der Waals surface area contributed by atoms with Crippen molar-refractivity contribution >= 4 is 12.2 Å². The Bertz CT molecular complexity index is 696. The smallest absolute Gasteiger partial charge is 0.321 e. The Kier molecular flexibility index (Phi) is 5.70. The van der Waals surface area contributed by atoms with Crippen molar-refractivity contribution in [2.24, 2.45) is 4.99 Å². The molecule has 0 amide bonds. The molecule has 1 atom stereocenters. The van der Waals surface area contributed by atoms with Gasteiger partial charge >= 0.3 is 6.01 Å². The molecule has 3 rings (SSSR count). The van der Waals surface area contributed by atoms with Gasteiger partial charge in [-0.25, -0.2) is 0 Å². The predicted molar refractivity (Wildman–Crippen MR) is 92.9 cm³/mol. The molecular weight excluding hydrogens is 306 g/mol. The molecule has 126 valence electrons. The van der Waals surface area contributed by atoms with Crippen molar-refractivity contribution in [2.75, 3.05) is 25.0 Å². The fourth-order valence-corrected chi connectivity index (χ4v) is 2.42. The van der Waals surface area contributed by atoms with Crippen molar-refractivity contribution in [2.45, 2.75) is 19.1 Å². The zero-order valence-corrected chi connectivity index (χ0v) is 13.4. The van der Waals surface area contributed by atoms with Gasteiger partial charge < -0.3 is 20.3 Å². The molecule has 0 spiro atoms. The molecule has 0 fully saturated rings. The molecule has 0 saturated heterocycles. The number of hydrogen-bond acceptors (Lipinski definition) is 7. The Morgan fingerprint density at radius 3 is 2.88 bits per heavy atom. The Hall–Kier alpha value is -2.51.